The van der Waals surface area contributed by atoms with Gasteiger partial charge < -0.3 is 10.1 Å². The van der Waals surface area contributed by atoms with E-state index in [1.807, 2.05) is 30.3 Å². The number of fused-ring (bicyclic) bond motifs is 1. The summed E-state index contributed by atoms with van der Waals surface area (Å²) in [4.78, 5) is 1.95. The van der Waals surface area contributed by atoms with E-state index in [-0.39, 0.29) is 6.10 Å². The van der Waals surface area contributed by atoms with E-state index >= 15 is 0 Å². The van der Waals surface area contributed by atoms with Crippen LogP contribution in [0.2, 0.25) is 0 Å². The predicted octanol–water partition coefficient (Wildman–Crippen LogP) is 2.71. The summed E-state index contributed by atoms with van der Waals surface area (Å²) in [5.74, 6) is 1.01. The molecule has 0 saturated carbocycles. The Morgan fingerprint density at radius 1 is 1.32 bits per heavy atom. The Balaban J connectivity index is 1.48. The van der Waals surface area contributed by atoms with E-state index in [2.05, 4.69) is 17.5 Å². The minimum Gasteiger partial charge on any atom is -0.488 e. The van der Waals surface area contributed by atoms with Crippen molar-refractivity contribution in [3.8, 4) is 11.8 Å². The van der Waals surface area contributed by atoms with Gasteiger partial charge in [-0.1, -0.05) is 18.2 Å². The lowest BCUT2D eigenvalue weighted by Crippen LogP contribution is -2.29. The van der Waals surface area contributed by atoms with Crippen molar-refractivity contribution in [2.45, 2.75) is 19.1 Å². The molecule has 1 atom stereocenters. The summed E-state index contributed by atoms with van der Waals surface area (Å²) in [7, 11) is 0. The second-order valence-electron chi connectivity index (χ2n) is 4.56. The van der Waals surface area contributed by atoms with Crippen LogP contribution in [0.1, 0.15) is 15.3 Å². The minimum absolute atomic E-state index is 0.216. The number of thiophene rings is 1. The third-order valence-electron chi connectivity index (χ3n) is 3.16. The summed E-state index contributed by atoms with van der Waals surface area (Å²) in [5, 5.41) is 12.2. The van der Waals surface area contributed by atoms with Crippen molar-refractivity contribution in [3.63, 3.8) is 0 Å². The SMILES string of the molecule is N#Cc1ccc(CNCC2Cc3ccccc3O2)s1. The van der Waals surface area contributed by atoms with Gasteiger partial charge in [-0.05, 0) is 23.8 Å². The zero-order valence-corrected chi connectivity index (χ0v) is 11.2. The molecule has 96 valence electrons. The van der Waals surface area contributed by atoms with Crippen LogP contribution in [0.5, 0.6) is 5.75 Å². The van der Waals surface area contributed by atoms with Crippen LogP contribution in [0.25, 0.3) is 0 Å². The Morgan fingerprint density at radius 3 is 3.00 bits per heavy atom. The summed E-state index contributed by atoms with van der Waals surface area (Å²) in [6.45, 7) is 1.62. The number of nitrogens with zero attached hydrogens (tertiary/aromatic N) is 1. The summed E-state index contributed by atoms with van der Waals surface area (Å²) >= 11 is 1.54. The first kappa shape index (κ1) is 12.2. The number of benzene rings is 1. The zero-order chi connectivity index (χ0) is 13.1. The van der Waals surface area contributed by atoms with Crippen LogP contribution in [-0.2, 0) is 13.0 Å². The van der Waals surface area contributed by atoms with Gasteiger partial charge in [0.15, 0.2) is 0 Å². The maximum Gasteiger partial charge on any atom is 0.123 e. The number of para-hydroxylation sites is 1. The van der Waals surface area contributed by atoms with Crippen molar-refractivity contribution in [1.29, 1.82) is 5.26 Å². The van der Waals surface area contributed by atoms with E-state index in [4.69, 9.17) is 10.00 Å². The van der Waals surface area contributed by atoms with Gasteiger partial charge in [0.1, 0.15) is 22.8 Å². The van der Waals surface area contributed by atoms with E-state index in [1.165, 1.54) is 21.8 Å². The molecule has 2 aromatic rings. The van der Waals surface area contributed by atoms with Gasteiger partial charge >= 0.3 is 0 Å². The molecular formula is C15H14N2OS. The fourth-order valence-electron chi connectivity index (χ4n) is 2.26. The molecule has 0 fully saturated rings. The van der Waals surface area contributed by atoms with Crippen LogP contribution < -0.4 is 10.1 Å². The van der Waals surface area contributed by atoms with Gasteiger partial charge in [0.25, 0.3) is 0 Å². The molecule has 4 heteroatoms. The zero-order valence-electron chi connectivity index (χ0n) is 10.4. The van der Waals surface area contributed by atoms with Crippen molar-refractivity contribution in [3.05, 3.63) is 51.7 Å². The van der Waals surface area contributed by atoms with Crippen LogP contribution in [0, 0.1) is 11.3 Å². The molecule has 1 N–H and O–H groups in total. The largest absolute Gasteiger partial charge is 0.488 e. The molecule has 0 aliphatic carbocycles. The highest BCUT2D eigenvalue weighted by Crippen LogP contribution is 2.27. The molecule has 19 heavy (non-hydrogen) atoms. The minimum atomic E-state index is 0.216. The molecule has 2 heterocycles. The Bertz CT molecular complexity index is 590. The molecule has 0 amide bonds. The molecule has 1 aromatic heterocycles. The molecule has 1 unspecified atom stereocenters. The first-order valence-corrected chi connectivity index (χ1v) is 7.11. The molecule has 0 bridgehead atoms. The van der Waals surface area contributed by atoms with Crippen molar-refractivity contribution >= 4 is 11.3 Å². The number of nitrogens with one attached hydrogen (secondary N) is 1. The molecular weight excluding hydrogens is 256 g/mol. The van der Waals surface area contributed by atoms with E-state index in [1.54, 1.807) is 0 Å². The predicted molar refractivity (Wildman–Crippen MR) is 75.3 cm³/mol. The van der Waals surface area contributed by atoms with Gasteiger partial charge in [0, 0.05) is 24.4 Å². The molecule has 1 aliphatic heterocycles. The monoisotopic (exact) mass is 270 g/mol. The van der Waals surface area contributed by atoms with Crippen molar-refractivity contribution in [2.75, 3.05) is 6.54 Å². The third-order valence-corrected chi connectivity index (χ3v) is 4.15. The first-order chi connectivity index (χ1) is 9.35. The quantitative estimate of drug-likeness (QED) is 0.929. The summed E-state index contributed by atoms with van der Waals surface area (Å²) < 4.78 is 5.86. The van der Waals surface area contributed by atoms with E-state index in [0.29, 0.717) is 0 Å². The Morgan fingerprint density at radius 2 is 2.21 bits per heavy atom. The van der Waals surface area contributed by atoms with Crippen LogP contribution in [0.15, 0.2) is 36.4 Å². The van der Waals surface area contributed by atoms with Crippen LogP contribution in [0.3, 0.4) is 0 Å². The van der Waals surface area contributed by atoms with Crippen molar-refractivity contribution in [2.24, 2.45) is 0 Å². The summed E-state index contributed by atoms with van der Waals surface area (Å²) in [6.07, 6.45) is 1.18. The number of hydrogen-bond acceptors (Lipinski definition) is 4. The number of hydrogen-bond donors (Lipinski definition) is 1. The highest BCUT2D eigenvalue weighted by molar-refractivity contribution is 7.12. The standard InChI is InChI=1S/C15H14N2OS/c16-8-13-5-6-14(19-13)10-17-9-12-7-11-3-1-2-4-15(11)18-12/h1-6,12,17H,7,9-10H2. The van der Waals surface area contributed by atoms with Crippen molar-refractivity contribution < 1.29 is 4.74 Å². The van der Waals surface area contributed by atoms with E-state index in [0.717, 1.165) is 30.1 Å². The lowest BCUT2D eigenvalue weighted by molar-refractivity contribution is 0.227. The average molecular weight is 270 g/mol. The van der Waals surface area contributed by atoms with Gasteiger partial charge in [0.2, 0.25) is 0 Å². The molecule has 1 aromatic carbocycles. The smallest absolute Gasteiger partial charge is 0.123 e. The Kier molecular flexibility index (Phi) is 3.49. The third kappa shape index (κ3) is 2.78. The van der Waals surface area contributed by atoms with Gasteiger partial charge in [-0.15, -0.1) is 11.3 Å². The van der Waals surface area contributed by atoms with Gasteiger partial charge in [-0.3, -0.25) is 0 Å². The van der Waals surface area contributed by atoms with Crippen LogP contribution in [0.4, 0.5) is 0 Å². The highest BCUT2D eigenvalue weighted by atomic mass is 32.1. The Labute approximate surface area is 116 Å². The van der Waals surface area contributed by atoms with Gasteiger partial charge in [0.05, 0.1) is 0 Å². The second kappa shape index (κ2) is 5.43. The second-order valence-corrected chi connectivity index (χ2v) is 5.73. The highest BCUT2D eigenvalue weighted by Gasteiger charge is 2.21. The van der Waals surface area contributed by atoms with Gasteiger partial charge in [-0.25, -0.2) is 0 Å². The van der Waals surface area contributed by atoms with Crippen molar-refractivity contribution in [1.82, 2.24) is 5.32 Å². The number of nitriles is 1. The fraction of sp³-hybridized carbons (Fsp3) is 0.267. The van der Waals surface area contributed by atoms with Crippen LogP contribution >= 0.6 is 11.3 Å². The maximum atomic E-state index is 8.77. The molecule has 3 rings (SSSR count). The maximum absolute atomic E-state index is 8.77. The lowest BCUT2D eigenvalue weighted by atomic mass is 10.1. The topological polar surface area (TPSA) is 45.0 Å². The molecule has 0 spiro atoms. The Hall–Kier alpha value is -1.83. The number of rotatable bonds is 4. The summed E-state index contributed by atoms with van der Waals surface area (Å²) in [6, 6.07) is 14.2. The normalized spacial score (nSPS) is 16.7. The molecule has 1 aliphatic rings. The summed E-state index contributed by atoms with van der Waals surface area (Å²) in [5.41, 5.74) is 1.29. The molecule has 0 radical (unpaired) electrons. The van der Waals surface area contributed by atoms with Gasteiger partial charge in [-0.2, -0.15) is 5.26 Å². The number of ether oxygens (including phenoxy) is 1. The average Bonchev–Trinajstić information content (AvgIpc) is 3.04. The fourth-order valence-corrected chi connectivity index (χ4v) is 3.03. The van der Waals surface area contributed by atoms with E-state index in [9.17, 15) is 0 Å². The molecule has 3 nitrogen and oxygen atoms in total. The van der Waals surface area contributed by atoms with E-state index < -0.39 is 0 Å². The first-order valence-electron chi connectivity index (χ1n) is 6.29. The molecule has 0 saturated heterocycles. The lowest BCUT2D eigenvalue weighted by Gasteiger charge is -2.11. The van der Waals surface area contributed by atoms with Crippen LogP contribution in [-0.4, -0.2) is 12.6 Å².